The van der Waals surface area contributed by atoms with Crippen LogP contribution in [0, 0.1) is 0 Å². The van der Waals surface area contributed by atoms with Crippen molar-refractivity contribution in [3.63, 3.8) is 0 Å². The lowest BCUT2D eigenvalue weighted by molar-refractivity contribution is 0.0512. The van der Waals surface area contributed by atoms with E-state index in [1.54, 1.807) is 11.8 Å². The minimum atomic E-state index is -0.297. The largest absolute Gasteiger partial charge is 0.493 e. The van der Waals surface area contributed by atoms with Crippen LogP contribution in [0.5, 0.6) is 11.5 Å². The zero-order chi connectivity index (χ0) is 34.5. The van der Waals surface area contributed by atoms with Gasteiger partial charge in [-0.3, -0.25) is 4.68 Å². The first-order valence-electron chi connectivity index (χ1n) is 17.4. The maximum atomic E-state index is 13.9. The Hall–Kier alpha value is -4.73. The van der Waals surface area contributed by atoms with Gasteiger partial charge in [-0.2, -0.15) is 5.10 Å². The molecule has 0 atom stereocenters. The molecule has 0 spiro atoms. The first-order chi connectivity index (χ1) is 24.6. The number of esters is 1. The normalized spacial score (nSPS) is 13.2. The first kappa shape index (κ1) is 33.8. The van der Waals surface area contributed by atoms with Crippen molar-refractivity contribution in [3.8, 4) is 22.6 Å². The molecule has 0 unspecified atom stereocenters. The highest BCUT2D eigenvalue weighted by Crippen LogP contribution is 2.40. The van der Waals surface area contributed by atoms with Gasteiger partial charge >= 0.3 is 5.97 Å². The van der Waals surface area contributed by atoms with Crippen molar-refractivity contribution in [2.75, 3.05) is 26.1 Å². The van der Waals surface area contributed by atoms with Crippen LogP contribution in [0.15, 0.2) is 89.8 Å². The van der Waals surface area contributed by atoms with Crippen LogP contribution in [-0.2, 0) is 42.7 Å². The van der Waals surface area contributed by atoms with E-state index in [0.29, 0.717) is 51.7 Å². The molecule has 7 rings (SSSR count). The van der Waals surface area contributed by atoms with Crippen LogP contribution in [0.4, 0.5) is 0 Å². The van der Waals surface area contributed by atoms with Gasteiger partial charge in [-0.25, -0.2) is 4.79 Å². The van der Waals surface area contributed by atoms with E-state index in [-0.39, 0.29) is 5.97 Å². The molecule has 50 heavy (non-hydrogen) atoms. The summed E-state index contributed by atoms with van der Waals surface area (Å²) in [6.45, 7) is 4.69. The summed E-state index contributed by atoms with van der Waals surface area (Å²) >= 11 is 1.70. The fourth-order valence-electron chi connectivity index (χ4n) is 7.01. The fourth-order valence-corrected chi connectivity index (χ4v) is 7.42. The van der Waals surface area contributed by atoms with Gasteiger partial charge in [0.25, 0.3) is 0 Å². The van der Waals surface area contributed by atoms with Gasteiger partial charge in [-0.1, -0.05) is 54.6 Å². The van der Waals surface area contributed by atoms with Crippen molar-refractivity contribution in [3.05, 3.63) is 108 Å². The summed E-state index contributed by atoms with van der Waals surface area (Å²) in [4.78, 5) is 15.0. The summed E-state index contributed by atoms with van der Waals surface area (Å²) in [5, 5.41) is 8.26. The van der Waals surface area contributed by atoms with Gasteiger partial charge in [-0.05, 0) is 80.1 Å². The number of carbonyl (C=O) groups excluding carboxylic acids is 1. The van der Waals surface area contributed by atoms with E-state index in [4.69, 9.17) is 24.0 Å². The second-order valence-electron chi connectivity index (χ2n) is 12.4. The number of thioether (sulfide) groups is 1. The summed E-state index contributed by atoms with van der Waals surface area (Å²) < 4.78 is 28.7. The molecule has 0 saturated carbocycles. The van der Waals surface area contributed by atoms with E-state index >= 15 is 0 Å². The van der Waals surface area contributed by atoms with Crippen LogP contribution in [0.25, 0.3) is 32.8 Å². The number of fused-ring (bicyclic) bond motifs is 3. The Kier molecular flexibility index (Phi) is 10.4. The lowest BCUT2D eigenvalue weighted by atomic mass is 9.98. The van der Waals surface area contributed by atoms with E-state index in [2.05, 4.69) is 59.4 Å². The zero-order valence-corrected chi connectivity index (χ0v) is 29.8. The molecule has 6 aromatic rings. The summed E-state index contributed by atoms with van der Waals surface area (Å²) in [7, 11) is 1.96. The Labute approximate surface area is 297 Å². The number of nitrogens with zero attached hydrogens (tertiary/aromatic N) is 3. The molecule has 4 aromatic carbocycles. The van der Waals surface area contributed by atoms with Crippen LogP contribution in [0.1, 0.15) is 53.6 Å². The molecule has 1 aliphatic heterocycles. The number of hydrogen-bond acceptors (Lipinski definition) is 7. The van der Waals surface area contributed by atoms with Crippen molar-refractivity contribution in [2.24, 2.45) is 7.05 Å². The van der Waals surface area contributed by atoms with Gasteiger partial charge < -0.3 is 23.5 Å². The molecule has 2 aromatic heterocycles. The molecule has 1 aliphatic rings. The number of para-hydroxylation sites is 1. The van der Waals surface area contributed by atoms with Crippen LogP contribution < -0.4 is 9.47 Å². The molecular weight excluding hydrogens is 647 g/mol. The van der Waals surface area contributed by atoms with E-state index < -0.39 is 0 Å². The van der Waals surface area contributed by atoms with E-state index in [1.807, 2.05) is 55.1 Å². The lowest BCUT2D eigenvalue weighted by Gasteiger charge is -2.14. The van der Waals surface area contributed by atoms with Gasteiger partial charge in [0.1, 0.15) is 29.5 Å². The average molecular weight is 690 g/mol. The standard InChI is InChI=1S/C41H43N3O5S/c1-4-47-41(45)40-33(17-11-25-48-37-18-9-13-28-12-5-6-14-31(28)37)32-15-10-16-34-38-35(26-49-29-19-21-30(50-3)22-20-29)42-43(2)36(38)27-46-24-8-7-23-44(40)39(32)34/h5-6,9-10,12-16,18-22H,4,7-8,11,17,23-27H2,1-3H3. The molecule has 9 heteroatoms. The number of hydrogen-bond donors (Lipinski definition) is 0. The Morgan fingerprint density at radius 3 is 2.58 bits per heavy atom. The van der Waals surface area contributed by atoms with Crippen molar-refractivity contribution >= 4 is 39.4 Å². The highest BCUT2D eigenvalue weighted by atomic mass is 32.2. The van der Waals surface area contributed by atoms with Crippen molar-refractivity contribution in [1.29, 1.82) is 0 Å². The van der Waals surface area contributed by atoms with Crippen molar-refractivity contribution < 1.29 is 23.7 Å². The van der Waals surface area contributed by atoms with Gasteiger partial charge in [0.15, 0.2) is 0 Å². The average Bonchev–Trinajstić information content (AvgIpc) is 3.62. The fraction of sp³-hybridized carbons (Fsp3) is 0.317. The maximum absolute atomic E-state index is 13.9. The topological polar surface area (TPSA) is 76.7 Å². The van der Waals surface area contributed by atoms with E-state index in [0.717, 1.165) is 80.5 Å². The van der Waals surface area contributed by atoms with Gasteiger partial charge in [-0.15, -0.1) is 11.8 Å². The van der Waals surface area contributed by atoms with E-state index in [1.165, 1.54) is 4.90 Å². The number of rotatable bonds is 11. The van der Waals surface area contributed by atoms with Gasteiger partial charge in [0.2, 0.25) is 0 Å². The molecular formula is C41H43N3O5S. The van der Waals surface area contributed by atoms with Crippen LogP contribution in [-0.4, -0.2) is 46.4 Å². The van der Waals surface area contributed by atoms with Crippen molar-refractivity contribution in [1.82, 2.24) is 14.3 Å². The second kappa shape index (κ2) is 15.4. The van der Waals surface area contributed by atoms with Gasteiger partial charge in [0, 0.05) is 47.0 Å². The zero-order valence-electron chi connectivity index (χ0n) is 28.9. The molecule has 0 aliphatic carbocycles. The molecule has 3 heterocycles. The third-order valence-electron chi connectivity index (χ3n) is 9.34. The molecule has 0 amide bonds. The Balaban J connectivity index is 1.28. The number of carbonyl (C=O) groups is 1. The Bertz CT molecular complexity index is 2110. The predicted octanol–water partition coefficient (Wildman–Crippen LogP) is 8.99. The minimum Gasteiger partial charge on any atom is -0.493 e. The third kappa shape index (κ3) is 6.85. The number of ether oxygens (including phenoxy) is 4. The van der Waals surface area contributed by atoms with E-state index in [9.17, 15) is 4.79 Å². The summed E-state index contributed by atoms with van der Waals surface area (Å²) in [6.07, 6.45) is 5.20. The van der Waals surface area contributed by atoms with Crippen molar-refractivity contribution in [2.45, 2.75) is 57.3 Å². The number of aryl methyl sites for hydroxylation is 3. The SMILES string of the molecule is CCOC(=O)c1c(CCCOc2cccc3ccccc23)c2cccc3c2n1CCCCOCc1c-3c(COc2ccc(SC)cc2)nn1C. The molecule has 0 fully saturated rings. The van der Waals surface area contributed by atoms with Crippen LogP contribution >= 0.6 is 11.8 Å². The summed E-state index contributed by atoms with van der Waals surface area (Å²) in [5.74, 6) is 1.36. The highest BCUT2D eigenvalue weighted by molar-refractivity contribution is 7.98. The number of benzene rings is 4. The van der Waals surface area contributed by atoms with Gasteiger partial charge in [0.05, 0.1) is 31.0 Å². The second-order valence-corrected chi connectivity index (χ2v) is 13.3. The molecule has 0 bridgehead atoms. The molecule has 0 N–H and O–H groups in total. The predicted molar refractivity (Wildman–Crippen MR) is 199 cm³/mol. The molecule has 0 radical (unpaired) electrons. The molecule has 258 valence electrons. The minimum absolute atomic E-state index is 0.294. The quantitative estimate of drug-likeness (QED) is 0.0764. The number of aromatic nitrogens is 3. The molecule has 8 nitrogen and oxygen atoms in total. The first-order valence-corrected chi connectivity index (χ1v) is 18.6. The monoisotopic (exact) mass is 689 g/mol. The summed E-state index contributed by atoms with van der Waals surface area (Å²) in [5.41, 5.74) is 6.43. The smallest absolute Gasteiger partial charge is 0.355 e. The summed E-state index contributed by atoms with van der Waals surface area (Å²) in [6, 6.07) is 28.9. The third-order valence-corrected chi connectivity index (χ3v) is 10.1. The highest BCUT2D eigenvalue weighted by Gasteiger charge is 2.29. The Morgan fingerprint density at radius 2 is 1.74 bits per heavy atom. The van der Waals surface area contributed by atoms with Crippen LogP contribution in [0.3, 0.4) is 0 Å². The maximum Gasteiger partial charge on any atom is 0.355 e. The van der Waals surface area contributed by atoms with Crippen LogP contribution in [0.2, 0.25) is 0 Å². The molecule has 0 saturated heterocycles. The Morgan fingerprint density at radius 1 is 0.940 bits per heavy atom. The lowest BCUT2D eigenvalue weighted by Crippen LogP contribution is -2.15.